The lowest BCUT2D eigenvalue weighted by Crippen LogP contribution is -2.34. The van der Waals surface area contributed by atoms with Crippen molar-refractivity contribution >= 4 is 5.78 Å². The van der Waals surface area contributed by atoms with Crippen LogP contribution in [0.2, 0.25) is 0 Å². The highest BCUT2D eigenvalue weighted by molar-refractivity contribution is 5.92. The lowest BCUT2D eigenvalue weighted by Gasteiger charge is -2.27. The van der Waals surface area contributed by atoms with E-state index in [1.807, 2.05) is 0 Å². The van der Waals surface area contributed by atoms with Gasteiger partial charge in [-0.3, -0.25) is 4.79 Å². The summed E-state index contributed by atoms with van der Waals surface area (Å²) in [7, 11) is 0. The fourth-order valence-electron chi connectivity index (χ4n) is 1.30. The van der Waals surface area contributed by atoms with E-state index in [0.717, 1.165) is 0 Å². The minimum Gasteiger partial charge on any atom is -0.511 e. The van der Waals surface area contributed by atoms with Gasteiger partial charge in [0.1, 0.15) is 11.2 Å². The Morgan fingerprint density at radius 1 is 1.15 bits per heavy atom. The Balaban J connectivity index is 5.17. The third-order valence-corrected chi connectivity index (χ3v) is 3.00. The van der Waals surface area contributed by atoms with Crippen LogP contribution in [0.4, 0.5) is 26.3 Å². The van der Waals surface area contributed by atoms with Crippen molar-refractivity contribution in [3.05, 3.63) is 11.8 Å². The zero-order valence-corrected chi connectivity index (χ0v) is 11.2. The van der Waals surface area contributed by atoms with Crippen molar-refractivity contribution in [1.29, 1.82) is 0 Å². The number of aliphatic hydroxyl groups is 1. The molecule has 0 amide bonds. The predicted molar refractivity (Wildman–Crippen MR) is 60.0 cm³/mol. The summed E-state index contributed by atoms with van der Waals surface area (Å²) in [6.07, 6.45) is -10.8. The van der Waals surface area contributed by atoms with Gasteiger partial charge in [-0.2, -0.15) is 26.3 Å². The Kier molecular flexibility index (Phi) is 5.68. The molecule has 0 radical (unpaired) electrons. The number of hydrogen-bond acceptors (Lipinski definition) is 2. The lowest BCUT2D eigenvalue weighted by atomic mass is 9.87. The first-order chi connectivity index (χ1) is 8.72. The summed E-state index contributed by atoms with van der Waals surface area (Å²) in [6.45, 7) is 2.59. The number of ketones is 1. The number of carbonyl (C=O) groups excluding carboxylic acids is 1. The first-order valence-corrected chi connectivity index (χ1v) is 5.80. The van der Waals surface area contributed by atoms with Gasteiger partial charge in [-0.15, -0.1) is 0 Å². The molecule has 0 bridgehead atoms. The van der Waals surface area contributed by atoms with Crippen molar-refractivity contribution in [3.8, 4) is 0 Å². The molecule has 0 aliphatic heterocycles. The van der Waals surface area contributed by atoms with Gasteiger partial charge >= 0.3 is 12.4 Å². The molecule has 0 rings (SSSR count). The summed E-state index contributed by atoms with van der Waals surface area (Å²) >= 11 is 0. The summed E-state index contributed by atoms with van der Waals surface area (Å²) < 4.78 is 74.4. The smallest absolute Gasteiger partial charge is 0.400 e. The third-order valence-electron chi connectivity index (χ3n) is 3.00. The van der Waals surface area contributed by atoms with Gasteiger partial charge in [-0.1, -0.05) is 6.92 Å². The molecule has 0 aromatic heterocycles. The number of allylic oxidation sites excluding steroid dienone is 2. The molecule has 1 atom stereocenters. The van der Waals surface area contributed by atoms with Crippen LogP contribution in [0.25, 0.3) is 0 Å². The van der Waals surface area contributed by atoms with Crippen LogP contribution in [0.1, 0.15) is 33.6 Å². The molecule has 0 saturated carbocycles. The molecule has 1 N–H and O–H groups in total. The van der Waals surface area contributed by atoms with Crippen molar-refractivity contribution < 1.29 is 36.2 Å². The molecule has 8 heteroatoms. The molecule has 0 heterocycles. The third kappa shape index (κ3) is 5.05. The summed E-state index contributed by atoms with van der Waals surface area (Å²) in [5, 5.41) is 9.36. The molecule has 0 saturated heterocycles. The largest absolute Gasteiger partial charge is 0.511 e. The van der Waals surface area contributed by atoms with Crippen molar-refractivity contribution in [1.82, 2.24) is 0 Å². The van der Waals surface area contributed by atoms with E-state index in [-0.39, 0.29) is 12.5 Å². The van der Waals surface area contributed by atoms with Crippen molar-refractivity contribution in [2.75, 3.05) is 0 Å². The van der Waals surface area contributed by atoms with E-state index in [0.29, 0.717) is 13.8 Å². The minimum absolute atomic E-state index is 0.186. The van der Waals surface area contributed by atoms with Gasteiger partial charge in [0.2, 0.25) is 0 Å². The van der Waals surface area contributed by atoms with E-state index in [9.17, 15) is 36.2 Å². The van der Waals surface area contributed by atoms with Crippen molar-refractivity contribution in [3.63, 3.8) is 0 Å². The van der Waals surface area contributed by atoms with Crippen LogP contribution in [-0.2, 0) is 4.79 Å². The second kappa shape index (κ2) is 6.05. The molecule has 0 fully saturated rings. The second-order valence-electron chi connectivity index (χ2n) is 4.98. The first-order valence-electron chi connectivity index (χ1n) is 5.80. The van der Waals surface area contributed by atoms with E-state index < -0.39 is 41.6 Å². The maximum Gasteiger partial charge on any atom is 0.400 e. The number of hydrogen-bond donors (Lipinski definition) is 1. The number of rotatable bonds is 5. The molecule has 0 aliphatic carbocycles. The van der Waals surface area contributed by atoms with Crippen molar-refractivity contribution in [2.45, 2.75) is 46.0 Å². The average molecular weight is 306 g/mol. The topological polar surface area (TPSA) is 37.3 Å². The lowest BCUT2D eigenvalue weighted by molar-refractivity contribution is -0.206. The number of aliphatic hydroxyl groups excluding tert-OH is 1. The van der Waals surface area contributed by atoms with Crippen LogP contribution in [0.3, 0.4) is 0 Å². The second-order valence-corrected chi connectivity index (χ2v) is 4.98. The Morgan fingerprint density at radius 3 is 1.90 bits per heavy atom. The molecule has 0 aromatic rings. The summed E-state index contributed by atoms with van der Waals surface area (Å²) in [4.78, 5) is 11.5. The van der Waals surface area contributed by atoms with Crippen LogP contribution < -0.4 is 0 Å². The van der Waals surface area contributed by atoms with Gasteiger partial charge in [-0.05, 0) is 20.3 Å². The van der Waals surface area contributed by atoms with E-state index in [1.54, 1.807) is 0 Å². The molecule has 0 aromatic carbocycles. The van der Waals surface area contributed by atoms with E-state index in [2.05, 4.69) is 0 Å². The van der Waals surface area contributed by atoms with Gasteiger partial charge in [-0.25, -0.2) is 0 Å². The molecule has 0 spiro atoms. The average Bonchev–Trinajstić information content (AvgIpc) is 2.22. The fourth-order valence-corrected chi connectivity index (χ4v) is 1.30. The Hall–Kier alpha value is -1.21. The Morgan fingerprint density at radius 2 is 1.60 bits per heavy atom. The fraction of sp³-hybridized carbons (Fsp3) is 0.750. The molecule has 0 aliphatic rings. The Bertz CT molecular complexity index is 378. The van der Waals surface area contributed by atoms with Gasteiger partial charge in [0.25, 0.3) is 0 Å². The maximum absolute atomic E-state index is 12.6. The predicted octanol–water partition coefficient (Wildman–Crippen LogP) is 4.56. The van der Waals surface area contributed by atoms with E-state index >= 15 is 0 Å². The summed E-state index contributed by atoms with van der Waals surface area (Å²) in [6, 6.07) is 0. The van der Waals surface area contributed by atoms with E-state index in [4.69, 9.17) is 0 Å². The first kappa shape index (κ1) is 18.8. The van der Waals surface area contributed by atoms with Gasteiger partial charge in [0.05, 0.1) is 6.42 Å². The SMILES string of the molecule is CCC(CC(F)(F)F)C(=O)/C=C(\O)C(C)(C)C(F)(F)F. The number of alkyl halides is 6. The molecule has 118 valence electrons. The summed E-state index contributed by atoms with van der Waals surface area (Å²) in [5.74, 6) is -3.96. The van der Waals surface area contributed by atoms with Crippen LogP contribution in [0.5, 0.6) is 0 Å². The highest BCUT2D eigenvalue weighted by Crippen LogP contribution is 2.42. The molecular weight excluding hydrogens is 290 g/mol. The molecular formula is C12H16F6O2. The molecule has 2 nitrogen and oxygen atoms in total. The highest BCUT2D eigenvalue weighted by Gasteiger charge is 2.50. The minimum atomic E-state index is -4.82. The zero-order valence-electron chi connectivity index (χ0n) is 11.2. The number of halogens is 6. The van der Waals surface area contributed by atoms with Gasteiger partial charge < -0.3 is 5.11 Å². The van der Waals surface area contributed by atoms with Gasteiger partial charge in [0, 0.05) is 12.0 Å². The van der Waals surface area contributed by atoms with Crippen molar-refractivity contribution in [2.24, 2.45) is 11.3 Å². The monoisotopic (exact) mass is 306 g/mol. The maximum atomic E-state index is 12.6. The standard InChI is InChI=1S/C12H16F6O2/c1-4-7(6-11(13,14)15)8(19)5-9(20)10(2,3)12(16,17)18/h5,7,20H,4,6H2,1-3H3/b9-5-. The van der Waals surface area contributed by atoms with Gasteiger partial charge in [0.15, 0.2) is 5.78 Å². The van der Waals surface area contributed by atoms with Crippen LogP contribution in [-0.4, -0.2) is 23.2 Å². The highest BCUT2D eigenvalue weighted by atomic mass is 19.4. The van der Waals surface area contributed by atoms with Crippen LogP contribution >= 0.6 is 0 Å². The van der Waals surface area contributed by atoms with Crippen LogP contribution in [0, 0.1) is 11.3 Å². The van der Waals surface area contributed by atoms with Crippen LogP contribution in [0.15, 0.2) is 11.8 Å². The zero-order chi connectivity index (χ0) is 16.4. The molecule has 1 unspecified atom stereocenters. The Labute approximate surface area is 112 Å². The van der Waals surface area contributed by atoms with E-state index in [1.165, 1.54) is 6.92 Å². The number of carbonyl (C=O) groups is 1. The summed E-state index contributed by atoms with van der Waals surface area (Å²) in [5.41, 5.74) is -2.70. The molecule has 20 heavy (non-hydrogen) atoms. The normalized spacial score (nSPS) is 16.1. The quantitative estimate of drug-likeness (QED) is 0.459.